The van der Waals surface area contributed by atoms with E-state index in [1.807, 2.05) is 0 Å². The van der Waals surface area contributed by atoms with Crippen LogP contribution in [0.2, 0.25) is 0 Å². The van der Waals surface area contributed by atoms with E-state index < -0.39 is 86.1 Å². The summed E-state index contributed by atoms with van der Waals surface area (Å²) in [7, 11) is -2.45. The number of fused-ring (bicyclic) bond motifs is 4. The highest BCUT2D eigenvalue weighted by molar-refractivity contribution is 7.91. The van der Waals surface area contributed by atoms with Gasteiger partial charge in [0.25, 0.3) is 5.91 Å². The maximum Gasteiger partial charge on any atom is 0.408 e. The van der Waals surface area contributed by atoms with Crippen molar-refractivity contribution in [3.63, 3.8) is 0 Å². The number of nitrogens with zero attached hydrogens (tertiary/aromatic N) is 2. The van der Waals surface area contributed by atoms with Gasteiger partial charge in [0.1, 0.15) is 40.7 Å². The molecule has 4 amide bonds. The number of furan rings is 1. The van der Waals surface area contributed by atoms with Crippen LogP contribution in [-0.4, -0.2) is 90.3 Å². The van der Waals surface area contributed by atoms with Crippen molar-refractivity contribution in [1.82, 2.24) is 25.2 Å². The van der Waals surface area contributed by atoms with Crippen LogP contribution < -0.4 is 24.8 Å². The minimum atomic E-state index is -3.95. The van der Waals surface area contributed by atoms with Crippen LogP contribution in [-0.2, 0) is 29.1 Å². The third-order valence-corrected chi connectivity index (χ3v) is 12.3. The van der Waals surface area contributed by atoms with Crippen LogP contribution in [0.5, 0.6) is 11.5 Å². The number of sulfonamides is 1. The number of rotatable bonds is 12. The zero-order valence-corrected chi connectivity index (χ0v) is 33.3. The number of methoxy groups -OCH3 is 1. The van der Waals surface area contributed by atoms with Crippen molar-refractivity contribution in [2.24, 2.45) is 11.8 Å². The summed E-state index contributed by atoms with van der Waals surface area (Å²) in [4.78, 5) is 61.4. The van der Waals surface area contributed by atoms with Gasteiger partial charge in [-0.1, -0.05) is 26.0 Å². The molecule has 3 fully saturated rings. The fourth-order valence-electron chi connectivity index (χ4n) is 7.34. The molecule has 2 aliphatic carbocycles. The Morgan fingerprint density at radius 2 is 1.84 bits per heavy atom. The number of carbonyl (C=O) groups excluding carboxylic acids is 4. The summed E-state index contributed by atoms with van der Waals surface area (Å²) in [5.74, 6) is -3.19. The molecule has 7 rings (SSSR count). The highest BCUT2D eigenvalue weighted by atomic mass is 32.2. The third kappa shape index (κ3) is 7.68. The van der Waals surface area contributed by atoms with E-state index in [9.17, 15) is 32.0 Å². The molecule has 1 saturated heterocycles. The minimum absolute atomic E-state index is 0.0940. The Kier molecular flexibility index (Phi) is 10.1. The van der Waals surface area contributed by atoms with Crippen molar-refractivity contribution >= 4 is 66.8 Å². The average Bonchev–Trinajstić information content (AvgIpc) is 4.04. The standard InChI is InChI=1S/C40H46FN5O10S/c1-8-21-18-40(21,37(49)45-57(51,52)24-13-14-24)44-35(47)28-17-23(19-46(28)36(48)30(20(2)3)43-38(50)56-39(4,5)6)54-33-25-15-12-22(41)16-27(25)42-31-26-10-9-11-29(53-7)32(26)55-34(31)33/h8-12,15-16,20-21,23-24,28,30H,1,13-14,17-19H2,2-7H3,(H,43,50)(H,44,47)(H,45,49)/t21-,23-,28+,30+,40-/m1/s1. The van der Waals surface area contributed by atoms with Crippen LogP contribution in [0.25, 0.3) is 33.0 Å². The van der Waals surface area contributed by atoms with Gasteiger partial charge in [-0.2, -0.15) is 0 Å². The van der Waals surface area contributed by atoms with Crippen LogP contribution in [0.3, 0.4) is 0 Å². The van der Waals surface area contributed by atoms with Crippen molar-refractivity contribution in [3.05, 3.63) is 54.9 Å². The molecule has 15 nitrogen and oxygen atoms in total. The van der Waals surface area contributed by atoms with Crippen molar-refractivity contribution in [2.45, 2.75) is 94.9 Å². The zero-order chi connectivity index (χ0) is 41.2. The fraction of sp³-hybridized carbons (Fsp3) is 0.475. The van der Waals surface area contributed by atoms with Crippen molar-refractivity contribution in [1.29, 1.82) is 0 Å². The number of halogens is 1. The number of carbonyl (C=O) groups is 4. The maximum absolute atomic E-state index is 14.6. The molecule has 2 aromatic carbocycles. The Morgan fingerprint density at radius 3 is 2.47 bits per heavy atom. The first-order valence-corrected chi connectivity index (χ1v) is 20.4. The Bertz CT molecular complexity index is 2420. The van der Waals surface area contributed by atoms with Gasteiger partial charge in [0.05, 0.1) is 29.8 Å². The monoisotopic (exact) mass is 807 g/mol. The van der Waals surface area contributed by atoms with E-state index in [4.69, 9.17) is 23.6 Å². The number of benzene rings is 2. The molecule has 1 aliphatic heterocycles. The van der Waals surface area contributed by atoms with Crippen molar-refractivity contribution in [2.75, 3.05) is 13.7 Å². The molecule has 17 heteroatoms. The van der Waals surface area contributed by atoms with Gasteiger partial charge in [-0.05, 0) is 70.2 Å². The van der Waals surface area contributed by atoms with Gasteiger partial charge in [0, 0.05) is 23.8 Å². The van der Waals surface area contributed by atoms with Gasteiger partial charge in [-0.3, -0.25) is 19.1 Å². The van der Waals surface area contributed by atoms with Crippen LogP contribution in [0.1, 0.15) is 60.3 Å². The number of amides is 4. The lowest BCUT2D eigenvalue weighted by Gasteiger charge is -2.31. The van der Waals surface area contributed by atoms with E-state index in [-0.39, 0.29) is 36.2 Å². The smallest absolute Gasteiger partial charge is 0.408 e. The number of alkyl carbamates (subject to hydrolysis) is 1. The number of nitrogens with one attached hydrogen (secondary N) is 3. The van der Waals surface area contributed by atoms with Crippen LogP contribution >= 0.6 is 0 Å². The number of ether oxygens (including phenoxy) is 3. The third-order valence-electron chi connectivity index (χ3n) is 10.5. The number of aromatic nitrogens is 1. The lowest BCUT2D eigenvalue weighted by molar-refractivity contribution is -0.141. The molecule has 3 aliphatic rings. The molecule has 57 heavy (non-hydrogen) atoms. The second kappa shape index (κ2) is 14.5. The molecular formula is C40H46FN5O10S. The summed E-state index contributed by atoms with van der Waals surface area (Å²) in [6, 6.07) is 6.88. The maximum atomic E-state index is 14.6. The van der Waals surface area contributed by atoms with E-state index in [0.717, 1.165) is 0 Å². The van der Waals surface area contributed by atoms with E-state index in [0.29, 0.717) is 40.5 Å². The van der Waals surface area contributed by atoms with Crippen LogP contribution in [0.15, 0.2) is 53.5 Å². The lowest BCUT2D eigenvalue weighted by atomic mass is 10.0. The first-order chi connectivity index (χ1) is 26.9. The highest BCUT2D eigenvalue weighted by Crippen LogP contribution is 2.46. The van der Waals surface area contributed by atoms with Crippen molar-refractivity contribution in [3.8, 4) is 11.5 Å². The lowest BCUT2D eigenvalue weighted by Crippen LogP contribution is -2.59. The SMILES string of the molecule is C=C[C@@H]1C[C@]1(NC(=O)[C@@H]1C[C@@H](Oc2c3ccc(F)cc3nc3c2oc2c(OC)cccc23)CN1C(=O)[C@@H](NC(=O)OC(C)(C)C)C(C)C)C(=O)NS(=O)(=O)C1CC1. The van der Waals surface area contributed by atoms with E-state index in [1.165, 1.54) is 36.3 Å². The van der Waals surface area contributed by atoms with Gasteiger partial charge >= 0.3 is 6.09 Å². The minimum Gasteiger partial charge on any atom is -0.493 e. The summed E-state index contributed by atoms with van der Waals surface area (Å²) >= 11 is 0. The number of hydrogen-bond donors (Lipinski definition) is 3. The summed E-state index contributed by atoms with van der Waals surface area (Å²) in [6.07, 6.45) is 0.604. The average molecular weight is 808 g/mol. The molecule has 0 unspecified atom stereocenters. The molecule has 0 spiro atoms. The topological polar surface area (TPSA) is 195 Å². The Balaban J connectivity index is 1.25. The van der Waals surface area contributed by atoms with Gasteiger partial charge in [0.2, 0.25) is 21.8 Å². The van der Waals surface area contributed by atoms with E-state index in [2.05, 4.69) is 21.9 Å². The number of hydrogen-bond acceptors (Lipinski definition) is 11. The summed E-state index contributed by atoms with van der Waals surface area (Å²) in [5, 5.41) is 5.72. The van der Waals surface area contributed by atoms with Gasteiger partial charge in [0.15, 0.2) is 22.7 Å². The highest BCUT2D eigenvalue weighted by Gasteiger charge is 2.62. The predicted octanol–water partition coefficient (Wildman–Crippen LogP) is 4.85. The molecule has 2 aromatic heterocycles. The van der Waals surface area contributed by atoms with Crippen LogP contribution in [0.4, 0.5) is 9.18 Å². The first kappa shape index (κ1) is 39.8. The first-order valence-electron chi connectivity index (χ1n) is 18.8. The second-order valence-electron chi connectivity index (χ2n) is 16.3. The molecule has 3 N–H and O–H groups in total. The van der Waals surface area contributed by atoms with E-state index in [1.54, 1.807) is 52.8 Å². The molecule has 3 heterocycles. The molecule has 0 radical (unpaired) electrons. The normalized spacial score (nSPS) is 22.7. The number of para-hydroxylation sites is 1. The largest absolute Gasteiger partial charge is 0.493 e. The molecule has 2 saturated carbocycles. The summed E-state index contributed by atoms with van der Waals surface area (Å²) in [5.41, 5.74) is -1.24. The summed E-state index contributed by atoms with van der Waals surface area (Å²) < 4.78 is 66.2. The fourth-order valence-corrected chi connectivity index (χ4v) is 8.71. The van der Waals surface area contributed by atoms with Gasteiger partial charge < -0.3 is 34.2 Å². The molecule has 4 aromatic rings. The number of likely N-dealkylation sites (tertiary alicyclic amines) is 1. The van der Waals surface area contributed by atoms with Crippen LogP contribution in [0, 0.1) is 17.7 Å². The summed E-state index contributed by atoms with van der Waals surface area (Å²) in [6.45, 7) is 12.1. The molecular weight excluding hydrogens is 762 g/mol. The quantitative estimate of drug-likeness (QED) is 0.166. The Morgan fingerprint density at radius 1 is 1.11 bits per heavy atom. The van der Waals surface area contributed by atoms with Gasteiger partial charge in [-0.25, -0.2) is 22.6 Å². The van der Waals surface area contributed by atoms with Crippen molar-refractivity contribution < 1.29 is 50.6 Å². The molecule has 0 bridgehead atoms. The Labute approximate surface area is 328 Å². The Hall–Kier alpha value is -5.45. The molecule has 5 atom stereocenters. The van der Waals surface area contributed by atoms with E-state index >= 15 is 0 Å². The van der Waals surface area contributed by atoms with Gasteiger partial charge in [-0.15, -0.1) is 6.58 Å². The number of pyridine rings is 1. The molecule has 304 valence electrons. The second-order valence-corrected chi connectivity index (χ2v) is 18.2. The predicted molar refractivity (Wildman–Crippen MR) is 207 cm³/mol. The zero-order valence-electron chi connectivity index (χ0n) is 32.5.